The van der Waals surface area contributed by atoms with E-state index in [4.69, 9.17) is 11.6 Å². The normalized spacial score (nSPS) is 12.1. The first kappa shape index (κ1) is 12.1. The molecule has 1 unspecified atom stereocenters. The first-order chi connectivity index (χ1) is 8.16. The Labute approximate surface area is 108 Å². The molecule has 88 valence electrons. The molecule has 0 radical (unpaired) electrons. The van der Waals surface area contributed by atoms with Gasteiger partial charge in [-0.1, -0.05) is 17.7 Å². The summed E-state index contributed by atoms with van der Waals surface area (Å²) in [7, 11) is 0. The summed E-state index contributed by atoms with van der Waals surface area (Å²) in [6.45, 7) is 1.95. The summed E-state index contributed by atoms with van der Waals surface area (Å²) in [6.07, 6.45) is 1.52. The van der Waals surface area contributed by atoms with Gasteiger partial charge in [0.2, 0.25) is 0 Å². The Morgan fingerprint density at radius 1 is 1.53 bits per heavy atom. The van der Waals surface area contributed by atoms with Crippen LogP contribution in [0.5, 0.6) is 0 Å². The Balaban J connectivity index is 2.07. The van der Waals surface area contributed by atoms with Crippen molar-refractivity contribution < 1.29 is 4.79 Å². The lowest BCUT2D eigenvalue weighted by Crippen LogP contribution is -2.26. The summed E-state index contributed by atoms with van der Waals surface area (Å²) in [6, 6.07) is 7.15. The molecule has 2 aromatic heterocycles. The van der Waals surface area contributed by atoms with Crippen molar-refractivity contribution in [3.63, 3.8) is 0 Å². The van der Waals surface area contributed by atoms with Crippen LogP contribution in [-0.2, 0) is 0 Å². The SMILES string of the molecule is CC(NC(=O)c1ccnc(Cl)c1)c1cccs1. The fraction of sp³-hybridized carbons (Fsp3) is 0.167. The van der Waals surface area contributed by atoms with Gasteiger partial charge in [0.25, 0.3) is 5.91 Å². The molecule has 5 heteroatoms. The van der Waals surface area contributed by atoms with Crippen LogP contribution in [0.25, 0.3) is 0 Å². The van der Waals surface area contributed by atoms with Gasteiger partial charge < -0.3 is 5.32 Å². The second kappa shape index (κ2) is 5.29. The Morgan fingerprint density at radius 3 is 3.00 bits per heavy atom. The van der Waals surface area contributed by atoms with Crippen LogP contribution in [0.4, 0.5) is 0 Å². The van der Waals surface area contributed by atoms with Crippen LogP contribution >= 0.6 is 22.9 Å². The van der Waals surface area contributed by atoms with Crippen LogP contribution in [0.3, 0.4) is 0 Å². The Bertz CT molecular complexity index is 513. The number of pyridine rings is 1. The molecule has 2 aromatic rings. The minimum absolute atomic E-state index is 0.00515. The summed E-state index contributed by atoms with van der Waals surface area (Å²) in [5, 5.41) is 5.22. The van der Waals surface area contributed by atoms with Crippen LogP contribution in [0.1, 0.15) is 28.2 Å². The number of carbonyl (C=O) groups is 1. The minimum Gasteiger partial charge on any atom is -0.345 e. The lowest BCUT2D eigenvalue weighted by molar-refractivity contribution is 0.0940. The summed E-state index contributed by atoms with van der Waals surface area (Å²) in [5.74, 6) is -0.143. The monoisotopic (exact) mass is 266 g/mol. The molecule has 0 aromatic carbocycles. The van der Waals surface area contributed by atoms with Crippen molar-refractivity contribution in [2.45, 2.75) is 13.0 Å². The summed E-state index contributed by atoms with van der Waals surface area (Å²) >= 11 is 7.35. The molecule has 1 amide bonds. The predicted octanol–water partition coefficient (Wildman–Crippen LogP) is 3.29. The lowest BCUT2D eigenvalue weighted by Gasteiger charge is -2.12. The molecular weight excluding hydrogens is 256 g/mol. The third-order valence-electron chi connectivity index (χ3n) is 2.31. The fourth-order valence-electron chi connectivity index (χ4n) is 1.43. The van der Waals surface area contributed by atoms with E-state index < -0.39 is 0 Å². The third kappa shape index (κ3) is 3.05. The second-order valence-electron chi connectivity index (χ2n) is 3.58. The highest BCUT2D eigenvalue weighted by Gasteiger charge is 2.12. The van der Waals surface area contributed by atoms with Crippen molar-refractivity contribution in [1.29, 1.82) is 0 Å². The second-order valence-corrected chi connectivity index (χ2v) is 4.94. The molecule has 0 aliphatic heterocycles. The molecule has 2 rings (SSSR count). The van der Waals surface area contributed by atoms with Crippen molar-refractivity contribution in [3.05, 3.63) is 51.4 Å². The first-order valence-corrected chi connectivity index (χ1v) is 6.38. The first-order valence-electron chi connectivity index (χ1n) is 5.12. The number of hydrogen-bond acceptors (Lipinski definition) is 3. The largest absolute Gasteiger partial charge is 0.345 e. The molecule has 0 saturated carbocycles. The zero-order valence-corrected chi connectivity index (χ0v) is 10.8. The van der Waals surface area contributed by atoms with E-state index in [0.29, 0.717) is 10.7 Å². The molecule has 17 heavy (non-hydrogen) atoms. The van der Waals surface area contributed by atoms with Crippen LogP contribution in [0, 0.1) is 0 Å². The predicted molar refractivity (Wildman–Crippen MR) is 69.4 cm³/mol. The molecule has 0 bridgehead atoms. The number of hydrogen-bond donors (Lipinski definition) is 1. The summed E-state index contributed by atoms with van der Waals surface area (Å²) in [5.41, 5.74) is 0.522. The van der Waals surface area contributed by atoms with Gasteiger partial charge in [0, 0.05) is 16.6 Å². The van der Waals surface area contributed by atoms with E-state index in [1.807, 2.05) is 24.4 Å². The standard InChI is InChI=1S/C12H11ClN2OS/c1-8(10-3-2-6-17-10)15-12(16)9-4-5-14-11(13)7-9/h2-8H,1H3,(H,15,16). The zero-order valence-electron chi connectivity index (χ0n) is 9.18. The van der Waals surface area contributed by atoms with E-state index in [2.05, 4.69) is 10.3 Å². The molecule has 0 aliphatic carbocycles. The van der Waals surface area contributed by atoms with Gasteiger partial charge in [-0.2, -0.15) is 0 Å². The van der Waals surface area contributed by atoms with Gasteiger partial charge in [0.1, 0.15) is 5.15 Å². The molecule has 1 atom stereocenters. The Morgan fingerprint density at radius 2 is 2.35 bits per heavy atom. The topological polar surface area (TPSA) is 42.0 Å². The van der Waals surface area contributed by atoms with Gasteiger partial charge >= 0.3 is 0 Å². The number of rotatable bonds is 3. The van der Waals surface area contributed by atoms with Gasteiger partial charge in [-0.3, -0.25) is 4.79 Å². The van der Waals surface area contributed by atoms with Crippen molar-refractivity contribution in [1.82, 2.24) is 10.3 Å². The van der Waals surface area contributed by atoms with Crippen LogP contribution in [0.2, 0.25) is 5.15 Å². The molecule has 0 saturated heterocycles. The van der Waals surface area contributed by atoms with E-state index in [1.165, 1.54) is 6.20 Å². The van der Waals surface area contributed by atoms with Crippen molar-refractivity contribution >= 4 is 28.8 Å². The van der Waals surface area contributed by atoms with Crippen molar-refractivity contribution in [3.8, 4) is 0 Å². The maximum absolute atomic E-state index is 11.9. The van der Waals surface area contributed by atoms with Gasteiger partial charge in [-0.05, 0) is 30.5 Å². The molecule has 0 aliphatic rings. The van der Waals surface area contributed by atoms with Crippen molar-refractivity contribution in [2.24, 2.45) is 0 Å². The summed E-state index contributed by atoms with van der Waals surface area (Å²) in [4.78, 5) is 16.9. The maximum Gasteiger partial charge on any atom is 0.251 e. The molecule has 3 nitrogen and oxygen atoms in total. The number of halogens is 1. The smallest absolute Gasteiger partial charge is 0.251 e. The minimum atomic E-state index is -0.143. The lowest BCUT2D eigenvalue weighted by atomic mass is 10.2. The van der Waals surface area contributed by atoms with E-state index >= 15 is 0 Å². The average molecular weight is 267 g/mol. The molecule has 1 N–H and O–H groups in total. The summed E-state index contributed by atoms with van der Waals surface area (Å²) < 4.78 is 0. The van der Waals surface area contributed by atoms with E-state index in [-0.39, 0.29) is 11.9 Å². The Hall–Kier alpha value is -1.39. The van der Waals surface area contributed by atoms with Crippen LogP contribution < -0.4 is 5.32 Å². The van der Waals surface area contributed by atoms with Crippen LogP contribution in [0.15, 0.2) is 35.8 Å². The van der Waals surface area contributed by atoms with Crippen molar-refractivity contribution in [2.75, 3.05) is 0 Å². The van der Waals surface area contributed by atoms with Gasteiger partial charge in [0.15, 0.2) is 0 Å². The van der Waals surface area contributed by atoms with E-state index in [0.717, 1.165) is 4.88 Å². The number of amides is 1. The van der Waals surface area contributed by atoms with E-state index in [1.54, 1.807) is 23.5 Å². The van der Waals surface area contributed by atoms with Crippen LogP contribution in [-0.4, -0.2) is 10.9 Å². The highest BCUT2D eigenvalue weighted by molar-refractivity contribution is 7.10. The van der Waals surface area contributed by atoms with Gasteiger partial charge in [-0.15, -0.1) is 11.3 Å². The zero-order chi connectivity index (χ0) is 12.3. The number of carbonyl (C=O) groups excluding carboxylic acids is 1. The highest BCUT2D eigenvalue weighted by atomic mass is 35.5. The Kier molecular flexibility index (Phi) is 3.76. The maximum atomic E-state index is 11.9. The number of thiophene rings is 1. The average Bonchev–Trinajstić information content (AvgIpc) is 2.82. The van der Waals surface area contributed by atoms with Gasteiger partial charge in [-0.25, -0.2) is 4.98 Å². The molecule has 2 heterocycles. The fourth-order valence-corrected chi connectivity index (χ4v) is 2.34. The van der Waals surface area contributed by atoms with E-state index in [9.17, 15) is 4.79 Å². The molecule has 0 spiro atoms. The number of aromatic nitrogens is 1. The molecule has 0 fully saturated rings. The third-order valence-corrected chi connectivity index (χ3v) is 3.57. The molecular formula is C12H11ClN2OS. The number of nitrogens with zero attached hydrogens (tertiary/aromatic N) is 1. The number of nitrogens with one attached hydrogen (secondary N) is 1. The van der Waals surface area contributed by atoms with Gasteiger partial charge in [0.05, 0.1) is 6.04 Å². The quantitative estimate of drug-likeness (QED) is 0.867. The highest BCUT2D eigenvalue weighted by Crippen LogP contribution is 2.18.